The van der Waals surface area contributed by atoms with Gasteiger partial charge in [-0.3, -0.25) is 0 Å². The van der Waals surface area contributed by atoms with E-state index in [1.807, 2.05) is 40.7 Å². The van der Waals surface area contributed by atoms with E-state index in [2.05, 4.69) is 52.0 Å². The Kier molecular flexibility index (Phi) is 10.2. The van der Waals surface area contributed by atoms with Gasteiger partial charge in [0, 0.05) is 5.41 Å². The topological polar surface area (TPSA) is 63.6 Å². The molecule has 0 spiro atoms. The highest BCUT2D eigenvalue weighted by atomic mass is 32.2. The van der Waals surface area contributed by atoms with Crippen LogP contribution in [-0.4, -0.2) is 25.9 Å². The SMILES string of the molecule is CCC(CC)(c1ccc(C)c(C)c1)c1ccc(OS(C)(=O)=O)c(C)c1.CCC(O)C(C)(C)C. The highest BCUT2D eigenvalue weighted by molar-refractivity contribution is 7.86. The predicted molar refractivity (Wildman–Crippen MR) is 140 cm³/mol. The van der Waals surface area contributed by atoms with Crippen LogP contribution in [0.25, 0.3) is 0 Å². The van der Waals surface area contributed by atoms with Crippen LogP contribution in [0.2, 0.25) is 0 Å². The molecule has 0 aliphatic heterocycles. The summed E-state index contributed by atoms with van der Waals surface area (Å²) in [5.41, 5.74) is 5.88. The van der Waals surface area contributed by atoms with Gasteiger partial charge in [-0.25, -0.2) is 0 Å². The van der Waals surface area contributed by atoms with Gasteiger partial charge in [-0.2, -0.15) is 8.42 Å². The first-order valence-electron chi connectivity index (χ1n) is 11.9. The molecule has 0 aliphatic rings. The van der Waals surface area contributed by atoms with Gasteiger partial charge in [0.1, 0.15) is 5.75 Å². The second-order valence-electron chi connectivity index (χ2n) is 10.1. The van der Waals surface area contributed by atoms with E-state index in [0.29, 0.717) is 5.75 Å². The third-order valence-electron chi connectivity index (χ3n) is 6.62. The fourth-order valence-corrected chi connectivity index (χ4v) is 4.60. The van der Waals surface area contributed by atoms with Crippen molar-refractivity contribution in [1.82, 2.24) is 0 Å². The number of hydrogen-bond acceptors (Lipinski definition) is 4. The molecule has 0 amide bonds. The normalized spacial score (nSPS) is 13.2. The summed E-state index contributed by atoms with van der Waals surface area (Å²) in [4.78, 5) is 0. The molecule has 2 aromatic carbocycles. The van der Waals surface area contributed by atoms with E-state index in [9.17, 15) is 13.5 Å². The maximum absolute atomic E-state index is 11.4. The molecule has 5 heteroatoms. The molecule has 0 heterocycles. The van der Waals surface area contributed by atoms with Gasteiger partial charge in [-0.05, 0) is 79.3 Å². The summed E-state index contributed by atoms with van der Waals surface area (Å²) in [5, 5.41) is 9.19. The van der Waals surface area contributed by atoms with Gasteiger partial charge in [0.25, 0.3) is 0 Å². The molecule has 1 N–H and O–H groups in total. The Morgan fingerprint density at radius 1 is 0.848 bits per heavy atom. The lowest BCUT2D eigenvalue weighted by Crippen LogP contribution is -2.26. The summed E-state index contributed by atoms with van der Waals surface area (Å²) in [6, 6.07) is 12.5. The highest BCUT2D eigenvalue weighted by Gasteiger charge is 2.31. The molecule has 0 bridgehead atoms. The van der Waals surface area contributed by atoms with Crippen molar-refractivity contribution in [2.24, 2.45) is 5.41 Å². The van der Waals surface area contributed by atoms with Gasteiger partial charge in [0.15, 0.2) is 0 Å². The van der Waals surface area contributed by atoms with Crippen LogP contribution in [-0.2, 0) is 15.5 Å². The van der Waals surface area contributed by atoms with Crippen molar-refractivity contribution in [3.63, 3.8) is 0 Å². The van der Waals surface area contributed by atoms with Crippen LogP contribution in [0, 0.1) is 26.2 Å². The molecule has 2 rings (SSSR count). The van der Waals surface area contributed by atoms with Crippen LogP contribution in [0.5, 0.6) is 5.75 Å². The first kappa shape index (κ1) is 29.2. The molecule has 0 fully saturated rings. The van der Waals surface area contributed by atoms with E-state index >= 15 is 0 Å². The number of rotatable bonds is 7. The molecule has 4 nitrogen and oxygen atoms in total. The lowest BCUT2D eigenvalue weighted by molar-refractivity contribution is 0.0600. The zero-order valence-corrected chi connectivity index (χ0v) is 23.1. The van der Waals surface area contributed by atoms with Crippen molar-refractivity contribution < 1.29 is 17.7 Å². The maximum Gasteiger partial charge on any atom is 0.306 e. The number of aliphatic hydroxyl groups excluding tert-OH is 1. The highest BCUT2D eigenvalue weighted by Crippen LogP contribution is 2.41. The van der Waals surface area contributed by atoms with Gasteiger partial charge in [0.05, 0.1) is 12.4 Å². The summed E-state index contributed by atoms with van der Waals surface area (Å²) in [7, 11) is -3.52. The van der Waals surface area contributed by atoms with E-state index in [1.165, 1.54) is 22.3 Å². The summed E-state index contributed by atoms with van der Waals surface area (Å²) in [6.45, 7) is 18.7. The van der Waals surface area contributed by atoms with Crippen LogP contribution in [0.15, 0.2) is 36.4 Å². The van der Waals surface area contributed by atoms with Crippen LogP contribution in [0.1, 0.15) is 88.6 Å². The smallest absolute Gasteiger partial charge is 0.306 e. The van der Waals surface area contributed by atoms with E-state index < -0.39 is 10.1 Å². The van der Waals surface area contributed by atoms with E-state index in [0.717, 1.165) is 31.1 Å². The molecule has 0 radical (unpaired) electrons. The van der Waals surface area contributed by atoms with Gasteiger partial charge in [-0.15, -0.1) is 0 Å². The standard InChI is InChI=1S/C21H28O3S.C7H16O/c1-7-21(8-2,18-10-9-15(3)16(4)13-18)19-11-12-20(17(5)14-19)24-25(6,22)23;1-5-6(8)7(2,3)4/h9-14H,7-8H2,1-6H3;6,8H,5H2,1-4H3. The van der Waals surface area contributed by atoms with Crippen LogP contribution in [0.4, 0.5) is 0 Å². The number of benzene rings is 2. The van der Waals surface area contributed by atoms with Crippen LogP contribution in [0.3, 0.4) is 0 Å². The van der Waals surface area contributed by atoms with Crippen molar-refractivity contribution in [2.75, 3.05) is 6.26 Å². The summed E-state index contributed by atoms with van der Waals surface area (Å²) >= 11 is 0. The average Bonchev–Trinajstić information content (AvgIpc) is 2.72. The van der Waals surface area contributed by atoms with Gasteiger partial charge < -0.3 is 9.29 Å². The Morgan fingerprint density at radius 3 is 1.67 bits per heavy atom. The van der Waals surface area contributed by atoms with E-state index in [4.69, 9.17) is 4.18 Å². The minimum absolute atomic E-state index is 0.0642. The average molecular weight is 477 g/mol. The fraction of sp³-hybridized carbons (Fsp3) is 0.571. The molecule has 0 aromatic heterocycles. The van der Waals surface area contributed by atoms with E-state index in [-0.39, 0.29) is 16.9 Å². The maximum atomic E-state index is 11.4. The largest absolute Gasteiger partial charge is 0.393 e. The molecular formula is C28H44O4S. The fourth-order valence-electron chi connectivity index (χ4n) is 4.09. The lowest BCUT2D eigenvalue weighted by atomic mass is 9.70. The molecular weight excluding hydrogens is 432 g/mol. The van der Waals surface area contributed by atoms with Gasteiger partial charge in [0.2, 0.25) is 0 Å². The molecule has 0 aliphatic carbocycles. The molecule has 0 saturated heterocycles. The summed E-state index contributed by atoms with van der Waals surface area (Å²) in [5.74, 6) is 0.396. The van der Waals surface area contributed by atoms with Crippen molar-refractivity contribution in [3.8, 4) is 5.75 Å². The Morgan fingerprint density at radius 2 is 1.33 bits per heavy atom. The molecule has 1 unspecified atom stereocenters. The number of aryl methyl sites for hydroxylation is 3. The van der Waals surface area contributed by atoms with E-state index in [1.54, 1.807) is 6.07 Å². The van der Waals surface area contributed by atoms with Crippen molar-refractivity contribution in [3.05, 3.63) is 64.2 Å². The molecule has 33 heavy (non-hydrogen) atoms. The zero-order valence-electron chi connectivity index (χ0n) is 22.2. The van der Waals surface area contributed by atoms with Crippen LogP contribution < -0.4 is 4.18 Å². The number of aliphatic hydroxyl groups is 1. The lowest BCUT2D eigenvalue weighted by Gasteiger charge is -2.34. The van der Waals surface area contributed by atoms with Crippen molar-refractivity contribution >= 4 is 10.1 Å². The third kappa shape index (κ3) is 7.86. The van der Waals surface area contributed by atoms with Crippen LogP contribution >= 0.6 is 0 Å². The van der Waals surface area contributed by atoms with Gasteiger partial charge >= 0.3 is 10.1 Å². The molecule has 186 valence electrons. The monoisotopic (exact) mass is 476 g/mol. The minimum Gasteiger partial charge on any atom is -0.393 e. The predicted octanol–water partition coefficient (Wildman–Crippen LogP) is 6.86. The second kappa shape index (κ2) is 11.5. The molecule has 0 saturated carbocycles. The first-order valence-corrected chi connectivity index (χ1v) is 13.7. The van der Waals surface area contributed by atoms with Gasteiger partial charge in [-0.1, -0.05) is 71.9 Å². The molecule has 2 aromatic rings. The minimum atomic E-state index is -3.52. The Bertz CT molecular complexity index is 1010. The van der Waals surface area contributed by atoms with Crippen molar-refractivity contribution in [2.45, 2.75) is 93.1 Å². The Balaban J connectivity index is 0.000000582. The third-order valence-corrected chi connectivity index (χ3v) is 7.10. The van der Waals surface area contributed by atoms with Crippen molar-refractivity contribution in [1.29, 1.82) is 0 Å². The summed E-state index contributed by atoms with van der Waals surface area (Å²) < 4.78 is 27.9. The zero-order chi connectivity index (χ0) is 25.6. The molecule has 1 atom stereocenters. The number of hydrogen-bond donors (Lipinski definition) is 1. The Hall–Kier alpha value is -1.85. The first-order chi connectivity index (χ1) is 15.1. The second-order valence-corrected chi connectivity index (χ2v) is 11.7. The quantitative estimate of drug-likeness (QED) is 0.443. The Labute approximate surface area is 202 Å². The summed E-state index contributed by atoms with van der Waals surface area (Å²) in [6.07, 6.45) is 3.71.